The number of carboxylic acid groups (broad SMARTS) is 1. The van der Waals surface area contributed by atoms with Crippen LogP contribution in [0.5, 0.6) is 17.2 Å². The van der Waals surface area contributed by atoms with Crippen molar-refractivity contribution < 1.29 is 58.3 Å². The smallest absolute Gasteiger partial charge is 0.494 e. The number of pyridine rings is 3. The first-order chi connectivity index (χ1) is 44.5. The van der Waals surface area contributed by atoms with Crippen molar-refractivity contribution in [2.45, 2.75) is 83.2 Å². The van der Waals surface area contributed by atoms with E-state index in [1.165, 1.54) is 18.5 Å². The van der Waals surface area contributed by atoms with Gasteiger partial charge in [-0.05, 0) is 183 Å². The zero-order chi connectivity index (χ0) is 67.7. The second-order valence-corrected chi connectivity index (χ2v) is 23.8. The summed E-state index contributed by atoms with van der Waals surface area (Å²) in [7, 11) is 4.45. The Balaban J connectivity index is 0.000000194. The van der Waals surface area contributed by atoms with Crippen molar-refractivity contribution in [2.75, 3.05) is 41.2 Å². The number of aromatic carboxylic acids is 1. The predicted octanol–water partition coefficient (Wildman–Crippen LogP) is 11.1. The van der Waals surface area contributed by atoms with Crippen molar-refractivity contribution >= 4 is 79.3 Å². The highest BCUT2D eigenvalue weighted by Gasteiger charge is 2.51. The average Bonchev–Trinajstić information content (AvgIpc) is 1.64. The number of hydrogen-bond acceptors (Lipinski definition) is 17. The maximum atomic E-state index is 12.9. The van der Waals surface area contributed by atoms with Crippen LogP contribution in [0.4, 0.5) is 0 Å². The highest BCUT2D eigenvalue weighted by molar-refractivity contribution is 9.10. The van der Waals surface area contributed by atoms with Gasteiger partial charge in [0, 0.05) is 65.0 Å². The van der Waals surface area contributed by atoms with Crippen LogP contribution >= 0.6 is 31.9 Å². The first kappa shape index (κ1) is 73.3. The van der Waals surface area contributed by atoms with Crippen LogP contribution in [0.1, 0.15) is 124 Å². The Morgan fingerprint density at radius 1 is 0.624 bits per heavy atom. The van der Waals surface area contributed by atoms with Crippen LogP contribution in [-0.4, -0.2) is 129 Å². The molecule has 488 valence electrons. The minimum atomic E-state index is -1.01. The number of ether oxygens (including phenoxy) is 3. The SMILES string of the molecule is COc1cccc(C(CCO)NC(=O)c2cc(-c3ccc4[nH]ncc4c3)ccn2)c1.COc1cccc(C(CCO)NC(=O)c2cc(Br)ccn2)c1.COc1cccc(C(N)CCO)c1.Cc1ccc(B2OC(C)(C)C(C)(C)O2)cc1C=N.O=C(O)c1cc(Br)ccn1. The molecule has 1 fully saturated rings. The minimum absolute atomic E-state index is 0.0337. The Kier molecular flexibility index (Phi) is 28.3. The van der Waals surface area contributed by atoms with E-state index in [1.807, 2.05) is 150 Å². The summed E-state index contributed by atoms with van der Waals surface area (Å²) in [6, 6.07) is 43.7. The maximum Gasteiger partial charge on any atom is 0.494 e. The van der Waals surface area contributed by atoms with Crippen molar-refractivity contribution in [3.8, 4) is 28.4 Å². The van der Waals surface area contributed by atoms with Crippen LogP contribution in [0.15, 0.2) is 179 Å². The van der Waals surface area contributed by atoms with E-state index in [9.17, 15) is 24.6 Å². The second-order valence-electron chi connectivity index (χ2n) is 22.0. The predicted molar refractivity (Wildman–Crippen MR) is 366 cm³/mol. The van der Waals surface area contributed by atoms with Crippen molar-refractivity contribution in [1.82, 2.24) is 35.8 Å². The van der Waals surface area contributed by atoms with Crippen LogP contribution in [0.25, 0.3) is 22.0 Å². The summed E-state index contributed by atoms with van der Waals surface area (Å²) in [6.07, 6.45) is 9.12. The van der Waals surface area contributed by atoms with Crippen molar-refractivity contribution in [3.63, 3.8) is 0 Å². The minimum Gasteiger partial charge on any atom is -0.497 e. The number of nitrogens with zero attached hydrogens (tertiary/aromatic N) is 4. The summed E-state index contributed by atoms with van der Waals surface area (Å²) < 4.78 is 29.0. The molecule has 10 N–H and O–H groups in total. The fourth-order valence-corrected chi connectivity index (χ4v) is 9.78. The van der Waals surface area contributed by atoms with E-state index in [4.69, 9.17) is 44.9 Å². The Morgan fingerprint density at radius 3 is 1.58 bits per heavy atom. The molecule has 24 heteroatoms. The highest BCUT2D eigenvalue weighted by Crippen LogP contribution is 2.37. The average molecular weight is 1400 g/mol. The summed E-state index contributed by atoms with van der Waals surface area (Å²) >= 11 is 6.44. The molecule has 0 radical (unpaired) electrons. The molecule has 3 unspecified atom stereocenters. The molecule has 4 aromatic heterocycles. The Bertz CT molecular complexity index is 3900. The number of H-pyrrole nitrogens is 1. The number of carboxylic acids is 1. The van der Waals surface area contributed by atoms with Crippen molar-refractivity contribution in [3.05, 3.63) is 224 Å². The van der Waals surface area contributed by atoms with E-state index in [1.54, 1.807) is 64.2 Å². The van der Waals surface area contributed by atoms with Gasteiger partial charge in [0.15, 0.2) is 0 Å². The summed E-state index contributed by atoms with van der Waals surface area (Å²) in [5.41, 5.74) is 14.3. The molecule has 0 aliphatic carbocycles. The number of aliphatic hydroxyl groups excluding tert-OH is 3. The van der Waals surface area contributed by atoms with E-state index in [2.05, 4.69) is 67.6 Å². The van der Waals surface area contributed by atoms with Crippen LogP contribution in [0.3, 0.4) is 0 Å². The molecule has 1 saturated heterocycles. The molecule has 5 aromatic carbocycles. The van der Waals surface area contributed by atoms with E-state index in [0.29, 0.717) is 42.1 Å². The molecule has 1 aliphatic heterocycles. The fourth-order valence-electron chi connectivity index (χ4n) is 9.11. The molecule has 21 nitrogen and oxygen atoms in total. The number of halogens is 2. The Morgan fingerprint density at radius 2 is 1.10 bits per heavy atom. The van der Waals surface area contributed by atoms with Gasteiger partial charge >= 0.3 is 13.1 Å². The van der Waals surface area contributed by atoms with Gasteiger partial charge in [-0.1, -0.05) is 92.5 Å². The number of amides is 2. The molecule has 2 amide bonds. The number of carbonyl (C=O) groups excluding carboxylic acids is 2. The summed E-state index contributed by atoms with van der Waals surface area (Å²) in [6.45, 7) is 10.2. The number of aromatic nitrogens is 5. The van der Waals surface area contributed by atoms with Crippen LogP contribution < -0.4 is 36.0 Å². The van der Waals surface area contributed by atoms with Gasteiger partial charge in [-0.2, -0.15) is 5.10 Å². The van der Waals surface area contributed by atoms with E-state index in [-0.39, 0.29) is 73.8 Å². The molecule has 10 rings (SSSR count). The van der Waals surface area contributed by atoms with Gasteiger partial charge in [-0.3, -0.25) is 24.7 Å². The number of fused-ring (bicyclic) bond motifs is 1. The summed E-state index contributed by atoms with van der Waals surface area (Å²) in [4.78, 5) is 47.4. The summed E-state index contributed by atoms with van der Waals surface area (Å²) in [5, 5.41) is 57.1. The van der Waals surface area contributed by atoms with Crippen LogP contribution in [0.2, 0.25) is 0 Å². The standard InChI is InChI=1S/C23H22N4O3.C16H17BrN2O3.C14H20BNO2.C10H15NO2.C6H4BrNO2/c1-30-19-4-2-3-17(12-19)20(8-10-28)26-23(29)22-13-16(7-9-24-22)15-5-6-21-18(11-15)14-25-27-21;1-22-13-4-2-3-11(9-13)14(6-8-20)19-16(21)15-10-12(17)5-7-18-15;1-10-6-7-12(8-11(10)9-16)15-17-13(2,3)14(4,5)18-15;1-13-9-4-2-3-8(7-9)10(11)5-6-12;7-4-1-2-8-5(3-4)6(9)10/h2-7,9,11-14,20,28H,8,10H2,1H3,(H,25,27)(H,26,29);2-5,7,9-10,14,20H,6,8H2,1H3,(H,19,21);6-9,16H,1-5H3;2-4,7,10,12H,5-6,11H2,1H3;1-3H,(H,9,10). The van der Waals surface area contributed by atoms with Gasteiger partial charge in [0.25, 0.3) is 11.8 Å². The molecular weight excluding hydrogens is 1320 g/mol. The number of benzene rings is 5. The Hall–Kier alpha value is -8.72. The first-order valence-corrected chi connectivity index (χ1v) is 31.1. The molecule has 5 heterocycles. The number of aromatic amines is 1. The number of hydrogen-bond donors (Lipinski definition) is 9. The normalized spacial score (nSPS) is 13.5. The number of carbonyl (C=O) groups is 3. The van der Waals surface area contributed by atoms with Gasteiger partial charge < -0.3 is 65.7 Å². The zero-order valence-corrected chi connectivity index (χ0v) is 56.1. The molecule has 0 spiro atoms. The van der Waals surface area contributed by atoms with Gasteiger partial charge in [0.2, 0.25) is 0 Å². The number of methoxy groups -OCH3 is 3. The van der Waals surface area contributed by atoms with Gasteiger partial charge in [-0.25, -0.2) is 9.78 Å². The van der Waals surface area contributed by atoms with Crippen molar-refractivity contribution in [2.24, 2.45) is 5.73 Å². The largest absolute Gasteiger partial charge is 0.497 e. The number of rotatable bonds is 20. The second kappa shape index (κ2) is 35.9. The summed E-state index contributed by atoms with van der Waals surface area (Å²) in [5.74, 6) is 0.590. The van der Waals surface area contributed by atoms with Gasteiger partial charge in [-0.15, -0.1) is 0 Å². The number of nitrogens with two attached hydrogens (primary N) is 1. The lowest BCUT2D eigenvalue weighted by atomic mass is 9.78. The molecule has 3 atom stereocenters. The number of aryl methyl sites for hydroxylation is 1. The van der Waals surface area contributed by atoms with E-state index < -0.39 is 5.97 Å². The number of aliphatic hydroxyl groups is 3. The molecular formula is C69H78BBr2N9O12. The third kappa shape index (κ3) is 21.7. The molecule has 9 aromatic rings. The Labute approximate surface area is 558 Å². The molecule has 0 bridgehead atoms. The maximum absolute atomic E-state index is 12.9. The third-order valence-electron chi connectivity index (χ3n) is 15.0. The van der Waals surface area contributed by atoms with Crippen LogP contribution in [-0.2, 0) is 9.31 Å². The first-order valence-electron chi connectivity index (χ1n) is 29.5. The van der Waals surface area contributed by atoms with Crippen molar-refractivity contribution in [1.29, 1.82) is 5.41 Å². The third-order valence-corrected chi connectivity index (χ3v) is 16.0. The van der Waals surface area contributed by atoms with E-state index in [0.717, 1.165) is 70.0 Å². The van der Waals surface area contributed by atoms with E-state index >= 15 is 0 Å². The topological polar surface area (TPSA) is 320 Å². The molecule has 1 aliphatic rings. The lowest BCUT2D eigenvalue weighted by molar-refractivity contribution is 0.00578. The van der Waals surface area contributed by atoms with Crippen LogP contribution in [0, 0.1) is 12.3 Å². The lowest BCUT2D eigenvalue weighted by Gasteiger charge is -2.32. The van der Waals surface area contributed by atoms with Gasteiger partial charge in [0.05, 0.1) is 56.3 Å². The monoisotopic (exact) mass is 1390 g/mol. The van der Waals surface area contributed by atoms with Gasteiger partial charge in [0.1, 0.15) is 34.3 Å². The lowest BCUT2D eigenvalue weighted by Crippen LogP contribution is -2.41. The number of nitrogens with one attached hydrogen (secondary N) is 4. The molecule has 93 heavy (non-hydrogen) atoms. The fraction of sp³-hybridized carbons (Fsp3) is 0.275. The zero-order valence-electron chi connectivity index (χ0n) is 53.0. The quantitative estimate of drug-likeness (QED) is 0.0253. The molecule has 0 saturated carbocycles. The highest BCUT2D eigenvalue weighted by atomic mass is 79.9.